The smallest absolute Gasteiger partial charge is 0.244 e. The number of benzene rings is 1. The van der Waals surface area contributed by atoms with Crippen molar-refractivity contribution < 1.29 is 22.4 Å². The van der Waals surface area contributed by atoms with Crippen LogP contribution in [-0.4, -0.2) is 31.8 Å². The van der Waals surface area contributed by atoms with Gasteiger partial charge in [0.15, 0.2) is 27.2 Å². The number of fused-ring (bicyclic) bond motifs is 1. The number of ether oxygens (including phenoxy) is 2. The van der Waals surface area contributed by atoms with Gasteiger partial charge in [-0.15, -0.1) is 0 Å². The highest BCUT2D eigenvalue weighted by atomic mass is 35.5. The van der Waals surface area contributed by atoms with Gasteiger partial charge in [0.05, 0.1) is 24.0 Å². The van der Waals surface area contributed by atoms with Crippen LogP contribution in [0.25, 0.3) is 0 Å². The Bertz CT molecular complexity index is 881. The Hall–Kier alpha value is -1.80. The first-order chi connectivity index (χ1) is 12.4. The summed E-state index contributed by atoms with van der Waals surface area (Å²) in [4.78, 5) is 4.18. The molecule has 0 radical (unpaired) electrons. The lowest BCUT2D eigenvalue weighted by molar-refractivity contribution is 0.297. The quantitative estimate of drug-likeness (QED) is 0.732. The molecule has 0 fully saturated rings. The second-order valence-electron chi connectivity index (χ2n) is 6.20. The highest BCUT2D eigenvalue weighted by molar-refractivity contribution is 7.90. The molecule has 0 bridgehead atoms. The van der Waals surface area contributed by atoms with E-state index in [2.05, 4.69) is 10.1 Å². The topological polar surface area (TPSA) is 91.5 Å². The number of sulfone groups is 1. The van der Waals surface area contributed by atoms with Crippen molar-refractivity contribution in [3.63, 3.8) is 0 Å². The van der Waals surface area contributed by atoms with Gasteiger partial charge in [-0.05, 0) is 31.0 Å². The second kappa shape index (κ2) is 7.84. The van der Waals surface area contributed by atoms with Crippen LogP contribution < -0.4 is 9.47 Å². The van der Waals surface area contributed by atoms with Gasteiger partial charge in [-0.2, -0.15) is 4.98 Å². The van der Waals surface area contributed by atoms with Gasteiger partial charge in [0.1, 0.15) is 5.25 Å². The van der Waals surface area contributed by atoms with Crippen LogP contribution in [-0.2, 0) is 22.0 Å². The highest BCUT2D eigenvalue weighted by Gasteiger charge is 2.29. The van der Waals surface area contributed by atoms with Gasteiger partial charge in [0.2, 0.25) is 5.89 Å². The summed E-state index contributed by atoms with van der Waals surface area (Å²) in [6, 6.07) is 3.25. The fourth-order valence-corrected chi connectivity index (χ4v) is 4.21. The van der Waals surface area contributed by atoms with Crippen molar-refractivity contribution in [2.24, 2.45) is 0 Å². The van der Waals surface area contributed by atoms with Crippen molar-refractivity contribution >= 4 is 21.4 Å². The van der Waals surface area contributed by atoms with Crippen molar-refractivity contribution in [1.29, 1.82) is 0 Å². The van der Waals surface area contributed by atoms with Crippen molar-refractivity contribution in [3.05, 3.63) is 34.4 Å². The highest BCUT2D eigenvalue weighted by Crippen LogP contribution is 2.39. The minimum Gasteiger partial charge on any atom is -0.489 e. The van der Waals surface area contributed by atoms with Crippen LogP contribution in [0.1, 0.15) is 49.2 Å². The predicted molar refractivity (Wildman–Crippen MR) is 96.4 cm³/mol. The molecule has 1 aromatic carbocycles. The molecular weight excluding hydrogens is 380 g/mol. The van der Waals surface area contributed by atoms with Crippen LogP contribution >= 0.6 is 11.6 Å². The molecule has 0 spiro atoms. The second-order valence-corrected chi connectivity index (χ2v) is 8.93. The Morgan fingerprint density at radius 1 is 1.27 bits per heavy atom. The van der Waals surface area contributed by atoms with E-state index in [0.29, 0.717) is 47.5 Å². The average molecular weight is 401 g/mol. The molecule has 0 N–H and O–H groups in total. The lowest BCUT2D eigenvalue weighted by Gasteiger charge is -2.13. The van der Waals surface area contributed by atoms with E-state index in [4.69, 9.17) is 25.6 Å². The Balaban J connectivity index is 1.82. The molecule has 1 aromatic heterocycles. The van der Waals surface area contributed by atoms with E-state index in [9.17, 15) is 8.42 Å². The first kappa shape index (κ1) is 19.0. The lowest BCUT2D eigenvalue weighted by Crippen LogP contribution is -2.13. The maximum Gasteiger partial charge on any atom is 0.244 e. The van der Waals surface area contributed by atoms with Gasteiger partial charge >= 0.3 is 0 Å². The van der Waals surface area contributed by atoms with E-state index in [-0.39, 0.29) is 11.6 Å². The van der Waals surface area contributed by atoms with E-state index >= 15 is 0 Å². The van der Waals surface area contributed by atoms with Crippen LogP contribution in [0.2, 0.25) is 5.02 Å². The van der Waals surface area contributed by atoms with E-state index in [1.165, 1.54) is 0 Å². The number of hydrogen-bond acceptors (Lipinski definition) is 7. The first-order valence-electron chi connectivity index (χ1n) is 8.52. The molecule has 1 aliphatic rings. The molecule has 26 heavy (non-hydrogen) atoms. The SMILES string of the molecule is CCCc1noc(C(C)S(=O)(=O)Cc2cc(Cl)c3c(c2)OCCCO3)n1. The van der Waals surface area contributed by atoms with Crippen LogP contribution in [0.4, 0.5) is 0 Å². The monoisotopic (exact) mass is 400 g/mol. The van der Waals surface area contributed by atoms with Crippen LogP contribution in [0, 0.1) is 0 Å². The van der Waals surface area contributed by atoms with E-state index in [1.807, 2.05) is 6.92 Å². The van der Waals surface area contributed by atoms with Crippen LogP contribution in [0.15, 0.2) is 16.7 Å². The standard InChI is InChI=1S/C17H21ClN2O5S/c1-3-5-15-19-17(25-20-15)11(2)26(21,22)10-12-8-13(18)16-14(9-12)23-6-4-7-24-16/h8-9,11H,3-7,10H2,1-2H3. The molecule has 9 heteroatoms. The number of hydrogen-bond donors (Lipinski definition) is 0. The van der Waals surface area contributed by atoms with Gasteiger partial charge in [-0.25, -0.2) is 8.42 Å². The zero-order chi connectivity index (χ0) is 18.7. The molecule has 2 heterocycles. The van der Waals surface area contributed by atoms with E-state index in [1.54, 1.807) is 19.1 Å². The molecule has 0 saturated heterocycles. The summed E-state index contributed by atoms with van der Waals surface area (Å²) in [5.74, 6) is 1.34. The minimum atomic E-state index is -3.57. The Morgan fingerprint density at radius 2 is 2.04 bits per heavy atom. The maximum atomic E-state index is 12.8. The number of aromatic nitrogens is 2. The molecule has 142 valence electrons. The molecule has 1 aliphatic heterocycles. The number of halogens is 1. The third kappa shape index (κ3) is 4.12. The molecule has 7 nitrogen and oxygen atoms in total. The van der Waals surface area contributed by atoms with E-state index < -0.39 is 15.1 Å². The Labute approximate surface area is 157 Å². The van der Waals surface area contributed by atoms with Crippen molar-refractivity contribution in [1.82, 2.24) is 10.1 Å². The van der Waals surface area contributed by atoms with Gasteiger partial charge < -0.3 is 14.0 Å². The summed E-state index contributed by atoms with van der Waals surface area (Å²) in [7, 11) is -3.57. The summed E-state index contributed by atoms with van der Waals surface area (Å²) in [5.41, 5.74) is 0.527. The summed E-state index contributed by atoms with van der Waals surface area (Å²) in [6.45, 7) is 4.55. The fraction of sp³-hybridized carbons (Fsp3) is 0.529. The summed E-state index contributed by atoms with van der Waals surface area (Å²) < 4.78 is 41.8. The molecule has 3 rings (SSSR count). The molecule has 0 aliphatic carbocycles. The normalized spacial score (nSPS) is 15.5. The third-order valence-electron chi connectivity index (χ3n) is 4.07. The van der Waals surface area contributed by atoms with Crippen LogP contribution in [0.5, 0.6) is 11.5 Å². The fourth-order valence-electron chi connectivity index (χ4n) is 2.64. The van der Waals surface area contributed by atoms with Gasteiger partial charge in [0, 0.05) is 12.8 Å². The summed E-state index contributed by atoms with van der Waals surface area (Å²) in [5, 5.41) is 3.25. The van der Waals surface area contributed by atoms with Crippen molar-refractivity contribution in [2.45, 2.75) is 44.1 Å². The average Bonchev–Trinajstić information content (AvgIpc) is 2.91. The van der Waals surface area contributed by atoms with E-state index in [0.717, 1.165) is 12.8 Å². The Kier molecular flexibility index (Phi) is 5.72. The predicted octanol–water partition coefficient (Wildman–Crippen LogP) is 3.51. The molecule has 0 saturated carbocycles. The summed E-state index contributed by atoms with van der Waals surface area (Å²) in [6.07, 6.45) is 2.25. The third-order valence-corrected chi connectivity index (χ3v) is 6.37. The van der Waals surface area contributed by atoms with Gasteiger partial charge in [0.25, 0.3) is 0 Å². The molecule has 1 unspecified atom stereocenters. The van der Waals surface area contributed by atoms with Crippen molar-refractivity contribution in [3.8, 4) is 11.5 Å². The lowest BCUT2D eigenvalue weighted by atomic mass is 10.2. The van der Waals surface area contributed by atoms with Crippen molar-refractivity contribution in [2.75, 3.05) is 13.2 Å². The Morgan fingerprint density at radius 3 is 2.81 bits per heavy atom. The molecule has 2 aromatic rings. The summed E-state index contributed by atoms with van der Waals surface area (Å²) >= 11 is 6.24. The van der Waals surface area contributed by atoms with Gasteiger partial charge in [-0.1, -0.05) is 23.7 Å². The molecule has 1 atom stereocenters. The zero-order valence-electron chi connectivity index (χ0n) is 14.7. The number of nitrogens with zero attached hydrogens (tertiary/aromatic N) is 2. The minimum absolute atomic E-state index is 0.105. The first-order valence-corrected chi connectivity index (χ1v) is 10.6. The molecule has 0 amide bonds. The van der Waals surface area contributed by atoms with Crippen LogP contribution in [0.3, 0.4) is 0 Å². The molecular formula is C17H21ClN2O5S. The zero-order valence-corrected chi connectivity index (χ0v) is 16.3. The van der Waals surface area contributed by atoms with Gasteiger partial charge in [-0.3, -0.25) is 0 Å². The maximum absolute atomic E-state index is 12.8. The number of aryl methyl sites for hydroxylation is 1. The number of rotatable bonds is 6. The largest absolute Gasteiger partial charge is 0.489 e.